The molecule has 3 rings (SSSR count). The first-order valence-electron chi connectivity index (χ1n) is 5.92. The zero-order chi connectivity index (χ0) is 12.9. The van der Waals surface area contributed by atoms with Crippen molar-refractivity contribution in [2.45, 2.75) is 13.8 Å². The van der Waals surface area contributed by atoms with Gasteiger partial charge in [0.25, 0.3) is 0 Å². The zero-order valence-corrected chi connectivity index (χ0v) is 10.5. The molecule has 0 bridgehead atoms. The molecule has 0 spiro atoms. The van der Waals surface area contributed by atoms with Crippen LogP contribution in [0.5, 0.6) is 0 Å². The maximum absolute atomic E-state index is 6.13. The van der Waals surface area contributed by atoms with Gasteiger partial charge in [-0.25, -0.2) is 4.98 Å². The summed E-state index contributed by atoms with van der Waals surface area (Å²) in [7, 11) is 0. The summed E-state index contributed by atoms with van der Waals surface area (Å²) in [5, 5.41) is 2.08. The molecule has 0 aliphatic heterocycles. The average Bonchev–Trinajstić information content (AvgIpc) is 2.35. The average molecular weight is 237 g/mol. The topological polar surface area (TPSA) is 64.9 Å². The molecule has 90 valence electrons. The van der Waals surface area contributed by atoms with Crippen molar-refractivity contribution in [2.75, 3.05) is 11.5 Å². The first-order chi connectivity index (χ1) is 8.56. The number of rotatable bonds is 0. The molecule has 3 heteroatoms. The molecule has 1 aromatic heterocycles. The Morgan fingerprint density at radius 1 is 0.944 bits per heavy atom. The Bertz CT molecular complexity index is 776. The van der Waals surface area contributed by atoms with Crippen LogP contribution in [-0.4, -0.2) is 4.98 Å². The first kappa shape index (κ1) is 10.8. The van der Waals surface area contributed by atoms with E-state index in [1.165, 1.54) is 5.56 Å². The van der Waals surface area contributed by atoms with Crippen LogP contribution in [-0.2, 0) is 0 Å². The second-order valence-corrected chi connectivity index (χ2v) is 4.76. The Hall–Kier alpha value is -2.29. The van der Waals surface area contributed by atoms with Crippen LogP contribution >= 0.6 is 0 Å². The summed E-state index contributed by atoms with van der Waals surface area (Å²) < 4.78 is 0. The number of aromatic nitrogens is 1. The molecule has 0 fully saturated rings. The minimum atomic E-state index is 0.693. The minimum absolute atomic E-state index is 0.693. The van der Waals surface area contributed by atoms with E-state index in [1.54, 1.807) is 0 Å². The van der Waals surface area contributed by atoms with Crippen LogP contribution in [0.4, 0.5) is 11.4 Å². The molecule has 0 aliphatic carbocycles. The van der Waals surface area contributed by atoms with Crippen molar-refractivity contribution in [3.8, 4) is 0 Å². The van der Waals surface area contributed by atoms with Crippen molar-refractivity contribution in [2.24, 2.45) is 0 Å². The Balaban J connectivity index is 2.49. The Labute approximate surface area is 105 Å². The SMILES string of the molecule is Cc1ccc2nc3cc(N)c(C)c(N)c3cc2c1. The number of fused-ring (bicyclic) bond motifs is 2. The second kappa shape index (κ2) is 3.60. The van der Waals surface area contributed by atoms with Gasteiger partial charge >= 0.3 is 0 Å². The lowest BCUT2D eigenvalue weighted by atomic mass is 10.0. The first-order valence-corrected chi connectivity index (χ1v) is 5.92. The van der Waals surface area contributed by atoms with Gasteiger partial charge < -0.3 is 11.5 Å². The van der Waals surface area contributed by atoms with Gasteiger partial charge in [0.2, 0.25) is 0 Å². The number of nitrogen functional groups attached to an aromatic ring is 2. The summed E-state index contributed by atoms with van der Waals surface area (Å²) in [4.78, 5) is 4.62. The molecule has 0 radical (unpaired) electrons. The number of benzene rings is 2. The smallest absolute Gasteiger partial charge is 0.0751 e. The van der Waals surface area contributed by atoms with E-state index < -0.39 is 0 Å². The highest BCUT2D eigenvalue weighted by atomic mass is 14.7. The fourth-order valence-corrected chi connectivity index (χ4v) is 2.25. The van der Waals surface area contributed by atoms with Gasteiger partial charge in [-0.3, -0.25) is 0 Å². The standard InChI is InChI=1S/C15H15N3/c1-8-3-4-13-10(5-8)6-11-14(18-13)7-12(16)9(2)15(11)17/h3-7H,16-17H2,1-2H3. The number of hydrogen-bond acceptors (Lipinski definition) is 3. The van der Waals surface area contributed by atoms with Gasteiger partial charge in [0.1, 0.15) is 0 Å². The maximum atomic E-state index is 6.13. The molecular weight excluding hydrogens is 222 g/mol. The zero-order valence-electron chi connectivity index (χ0n) is 10.5. The number of pyridine rings is 1. The summed E-state index contributed by atoms with van der Waals surface area (Å²) >= 11 is 0. The summed E-state index contributed by atoms with van der Waals surface area (Å²) in [5.41, 5.74) is 17.4. The van der Waals surface area contributed by atoms with Crippen LogP contribution < -0.4 is 11.5 Å². The van der Waals surface area contributed by atoms with Crippen molar-refractivity contribution >= 4 is 33.2 Å². The van der Waals surface area contributed by atoms with E-state index in [1.807, 2.05) is 19.1 Å². The Morgan fingerprint density at radius 3 is 2.50 bits per heavy atom. The van der Waals surface area contributed by atoms with E-state index in [0.29, 0.717) is 5.69 Å². The van der Waals surface area contributed by atoms with Crippen molar-refractivity contribution < 1.29 is 0 Å². The van der Waals surface area contributed by atoms with Crippen LogP contribution in [0.3, 0.4) is 0 Å². The lowest BCUT2D eigenvalue weighted by molar-refractivity contribution is 1.43. The van der Waals surface area contributed by atoms with Crippen LogP contribution in [0.15, 0.2) is 30.3 Å². The summed E-state index contributed by atoms with van der Waals surface area (Å²) in [6, 6.07) is 10.2. The number of anilines is 2. The second-order valence-electron chi connectivity index (χ2n) is 4.76. The number of nitrogens with two attached hydrogens (primary N) is 2. The van der Waals surface area contributed by atoms with Gasteiger partial charge in [0.05, 0.1) is 11.0 Å². The molecule has 0 unspecified atom stereocenters. The highest BCUT2D eigenvalue weighted by molar-refractivity contribution is 6.01. The van der Waals surface area contributed by atoms with E-state index in [2.05, 4.69) is 30.1 Å². The predicted molar refractivity (Wildman–Crippen MR) is 77.5 cm³/mol. The van der Waals surface area contributed by atoms with E-state index in [4.69, 9.17) is 11.5 Å². The lowest BCUT2D eigenvalue weighted by Gasteiger charge is -2.10. The monoisotopic (exact) mass is 237 g/mol. The van der Waals surface area contributed by atoms with Gasteiger partial charge in [-0.15, -0.1) is 0 Å². The van der Waals surface area contributed by atoms with Crippen LogP contribution in [0, 0.1) is 13.8 Å². The predicted octanol–water partition coefficient (Wildman–Crippen LogP) is 3.17. The van der Waals surface area contributed by atoms with Gasteiger partial charge in [-0.1, -0.05) is 11.6 Å². The molecule has 2 aromatic carbocycles. The molecule has 3 nitrogen and oxygen atoms in total. The summed E-state index contributed by atoms with van der Waals surface area (Å²) in [6.07, 6.45) is 0. The Kier molecular flexibility index (Phi) is 2.17. The van der Waals surface area contributed by atoms with E-state index >= 15 is 0 Å². The molecule has 0 amide bonds. The Morgan fingerprint density at radius 2 is 1.72 bits per heavy atom. The third-order valence-electron chi connectivity index (χ3n) is 3.42. The highest BCUT2D eigenvalue weighted by Gasteiger charge is 2.08. The van der Waals surface area contributed by atoms with Crippen molar-refractivity contribution in [3.05, 3.63) is 41.5 Å². The van der Waals surface area contributed by atoms with Crippen molar-refractivity contribution in [1.29, 1.82) is 0 Å². The largest absolute Gasteiger partial charge is 0.398 e. The maximum Gasteiger partial charge on any atom is 0.0751 e. The minimum Gasteiger partial charge on any atom is -0.398 e. The van der Waals surface area contributed by atoms with Gasteiger partial charge in [-0.2, -0.15) is 0 Å². The van der Waals surface area contributed by atoms with E-state index in [0.717, 1.165) is 33.1 Å². The molecule has 0 saturated heterocycles. The van der Waals surface area contributed by atoms with Gasteiger partial charge in [-0.05, 0) is 43.7 Å². The molecule has 4 N–H and O–H groups in total. The summed E-state index contributed by atoms with van der Waals surface area (Å²) in [6.45, 7) is 4.01. The van der Waals surface area contributed by atoms with Crippen molar-refractivity contribution in [1.82, 2.24) is 4.98 Å². The number of aryl methyl sites for hydroxylation is 1. The van der Waals surface area contributed by atoms with Crippen LogP contribution in [0.25, 0.3) is 21.8 Å². The molecule has 18 heavy (non-hydrogen) atoms. The quantitative estimate of drug-likeness (QED) is 0.466. The van der Waals surface area contributed by atoms with E-state index in [-0.39, 0.29) is 0 Å². The highest BCUT2D eigenvalue weighted by Crippen LogP contribution is 2.30. The summed E-state index contributed by atoms with van der Waals surface area (Å²) in [5.74, 6) is 0. The molecule has 0 atom stereocenters. The third-order valence-corrected chi connectivity index (χ3v) is 3.42. The number of hydrogen-bond donors (Lipinski definition) is 2. The molecule has 3 aromatic rings. The molecule has 0 aliphatic rings. The van der Waals surface area contributed by atoms with Gasteiger partial charge in [0, 0.05) is 22.1 Å². The third kappa shape index (κ3) is 1.48. The van der Waals surface area contributed by atoms with Crippen LogP contribution in [0.1, 0.15) is 11.1 Å². The van der Waals surface area contributed by atoms with E-state index in [9.17, 15) is 0 Å². The molecular formula is C15H15N3. The lowest BCUT2D eigenvalue weighted by Crippen LogP contribution is -1.98. The molecule has 1 heterocycles. The fraction of sp³-hybridized carbons (Fsp3) is 0.133. The van der Waals surface area contributed by atoms with Crippen LogP contribution in [0.2, 0.25) is 0 Å². The normalized spacial score (nSPS) is 11.2. The van der Waals surface area contributed by atoms with Gasteiger partial charge in [0.15, 0.2) is 0 Å². The molecule has 0 saturated carbocycles. The van der Waals surface area contributed by atoms with Crippen molar-refractivity contribution in [3.63, 3.8) is 0 Å². The number of nitrogens with zero attached hydrogens (tertiary/aromatic N) is 1. The fourth-order valence-electron chi connectivity index (χ4n) is 2.25.